The number of allylic oxidation sites excluding steroid dienone is 3. The van der Waals surface area contributed by atoms with E-state index in [0.717, 1.165) is 51.9 Å². The van der Waals surface area contributed by atoms with Crippen molar-refractivity contribution in [2.45, 2.75) is 43.2 Å². The molecule has 0 unspecified atom stereocenters. The van der Waals surface area contributed by atoms with Crippen molar-refractivity contribution in [3.63, 3.8) is 0 Å². The fourth-order valence-corrected chi connectivity index (χ4v) is 5.92. The van der Waals surface area contributed by atoms with Gasteiger partial charge in [-0.15, -0.1) is 10.2 Å². The Bertz CT molecular complexity index is 1330. The van der Waals surface area contributed by atoms with Crippen LogP contribution in [-0.2, 0) is 11.8 Å². The van der Waals surface area contributed by atoms with Crippen LogP contribution < -0.4 is 10.1 Å². The molecule has 0 bridgehead atoms. The zero-order valence-corrected chi connectivity index (χ0v) is 24.9. The van der Waals surface area contributed by atoms with Gasteiger partial charge < -0.3 is 9.30 Å². The van der Waals surface area contributed by atoms with Crippen LogP contribution in [0.5, 0.6) is 5.75 Å². The summed E-state index contributed by atoms with van der Waals surface area (Å²) in [5.41, 5.74) is 0.336. The van der Waals surface area contributed by atoms with Crippen LogP contribution >= 0.6 is 35.1 Å². The minimum Gasteiger partial charge on any atom is -0.492 e. The van der Waals surface area contributed by atoms with Crippen molar-refractivity contribution in [3.8, 4) is 5.75 Å². The minimum atomic E-state index is -0.324. The van der Waals surface area contributed by atoms with Crippen molar-refractivity contribution in [1.82, 2.24) is 29.0 Å². The SMILES string of the molecule is C=C(C(=O)Nc1nc(C)ns1)/C(=C\C=C(/C)Sc1nncn1C)Sc1ccc(OCCN2CCCCC2)cc1. The molecule has 206 valence electrons. The standard InChI is InChI=1S/C27H33N7O2S3/c1-19(37-27-31-28-18-33(27)4)8-13-24(20(2)25(35)30-26-29-21(3)32-39-26)38-23-11-9-22(10-12-23)36-17-16-34-14-6-5-7-15-34/h8-13,18H,2,5-7,14-17H2,1,3-4H3,(H,29,30,32,35)/b19-8+,24-13+. The third kappa shape index (κ3) is 9.06. The first kappa shape index (κ1) is 29.1. The molecule has 9 nitrogen and oxygen atoms in total. The van der Waals surface area contributed by atoms with Crippen LogP contribution in [0.2, 0.25) is 0 Å². The van der Waals surface area contributed by atoms with Gasteiger partial charge in [0.25, 0.3) is 5.91 Å². The lowest BCUT2D eigenvalue weighted by Gasteiger charge is -2.26. The summed E-state index contributed by atoms with van der Waals surface area (Å²) in [5, 5.41) is 12.1. The highest BCUT2D eigenvalue weighted by Gasteiger charge is 2.16. The molecule has 39 heavy (non-hydrogen) atoms. The van der Waals surface area contributed by atoms with Gasteiger partial charge in [0.15, 0.2) is 5.16 Å². The lowest BCUT2D eigenvalue weighted by atomic mass is 10.1. The van der Waals surface area contributed by atoms with Crippen molar-refractivity contribution in [3.05, 3.63) is 70.5 Å². The zero-order chi connectivity index (χ0) is 27.6. The van der Waals surface area contributed by atoms with Gasteiger partial charge in [-0.05, 0) is 75.0 Å². The summed E-state index contributed by atoms with van der Waals surface area (Å²) < 4.78 is 12.0. The first-order valence-corrected chi connectivity index (χ1v) is 15.1. The number of amides is 1. The van der Waals surface area contributed by atoms with Crippen LogP contribution in [0.15, 0.2) is 74.8 Å². The topological polar surface area (TPSA) is 98.1 Å². The summed E-state index contributed by atoms with van der Waals surface area (Å²) >= 11 is 4.11. The van der Waals surface area contributed by atoms with Gasteiger partial charge in [-0.25, -0.2) is 4.98 Å². The number of hydrogen-bond acceptors (Lipinski definition) is 10. The molecule has 0 atom stereocenters. The summed E-state index contributed by atoms with van der Waals surface area (Å²) in [5.74, 6) is 1.12. The van der Waals surface area contributed by atoms with E-state index in [9.17, 15) is 4.79 Å². The van der Waals surface area contributed by atoms with Gasteiger partial charge in [-0.3, -0.25) is 15.0 Å². The minimum absolute atomic E-state index is 0.324. The average Bonchev–Trinajstić information content (AvgIpc) is 3.54. The number of benzene rings is 1. The molecule has 4 rings (SSSR count). The molecule has 12 heteroatoms. The van der Waals surface area contributed by atoms with Gasteiger partial charge in [0.2, 0.25) is 5.13 Å². The molecule has 3 heterocycles. The zero-order valence-electron chi connectivity index (χ0n) is 22.4. The van der Waals surface area contributed by atoms with E-state index >= 15 is 0 Å². The molecule has 2 aromatic heterocycles. The highest BCUT2D eigenvalue weighted by molar-refractivity contribution is 8.03. The van der Waals surface area contributed by atoms with E-state index in [4.69, 9.17) is 4.74 Å². The molecule has 1 amide bonds. The number of aryl methyl sites for hydroxylation is 2. The second-order valence-electron chi connectivity index (χ2n) is 9.04. The van der Waals surface area contributed by atoms with Crippen LogP contribution in [0.25, 0.3) is 0 Å². The predicted octanol–water partition coefficient (Wildman–Crippen LogP) is 5.71. The monoisotopic (exact) mass is 583 g/mol. The normalized spacial score (nSPS) is 14.8. The van der Waals surface area contributed by atoms with E-state index in [2.05, 4.69) is 36.4 Å². The number of nitrogens with one attached hydrogen (secondary N) is 1. The maximum Gasteiger partial charge on any atom is 0.258 e. The van der Waals surface area contributed by atoms with Crippen molar-refractivity contribution >= 4 is 46.1 Å². The summed E-state index contributed by atoms with van der Waals surface area (Å²) in [6, 6.07) is 7.93. The Balaban J connectivity index is 1.43. The Morgan fingerprint density at radius 2 is 1.95 bits per heavy atom. The van der Waals surface area contributed by atoms with E-state index in [1.165, 1.54) is 42.8 Å². The fraction of sp³-hybridized carbons (Fsp3) is 0.370. The van der Waals surface area contributed by atoms with Crippen molar-refractivity contribution in [1.29, 1.82) is 0 Å². The number of rotatable bonds is 12. The van der Waals surface area contributed by atoms with Crippen LogP contribution in [0.3, 0.4) is 0 Å². The van der Waals surface area contributed by atoms with Crippen LogP contribution in [0, 0.1) is 6.92 Å². The summed E-state index contributed by atoms with van der Waals surface area (Å²) in [6.45, 7) is 11.8. The van der Waals surface area contributed by atoms with Gasteiger partial charge >= 0.3 is 0 Å². The molecule has 0 spiro atoms. The number of hydrogen-bond donors (Lipinski definition) is 1. The Kier molecular flexibility index (Phi) is 10.8. The molecule has 1 aliphatic rings. The molecule has 3 aromatic rings. The molecule has 0 saturated carbocycles. The quantitative estimate of drug-likeness (QED) is 0.163. The van der Waals surface area contributed by atoms with Crippen molar-refractivity contribution < 1.29 is 9.53 Å². The van der Waals surface area contributed by atoms with E-state index in [1.54, 1.807) is 13.3 Å². The summed E-state index contributed by atoms with van der Waals surface area (Å²) in [4.78, 5) is 22.4. The van der Waals surface area contributed by atoms with Gasteiger partial charge in [0.05, 0.1) is 0 Å². The number of nitrogens with zero attached hydrogens (tertiary/aromatic N) is 6. The van der Waals surface area contributed by atoms with Gasteiger partial charge in [-0.1, -0.05) is 42.6 Å². The van der Waals surface area contributed by atoms with Crippen molar-refractivity contribution in [2.75, 3.05) is 31.6 Å². The maximum atomic E-state index is 13.0. The predicted molar refractivity (Wildman–Crippen MR) is 159 cm³/mol. The number of piperidine rings is 1. The first-order valence-electron chi connectivity index (χ1n) is 12.7. The Hall–Kier alpha value is -2.93. The summed E-state index contributed by atoms with van der Waals surface area (Å²) in [6.07, 6.45) is 9.40. The fourth-order valence-electron chi connectivity index (χ4n) is 3.77. The van der Waals surface area contributed by atoms with Crippen molar-refractivity contribution in [2.24, 2.45) is 7.05 Å². The molecule has 1 aromatic carbocycles. The molecule has 0 radical (unpaired) electrons. The first-order chi connectivity index (χ1) is 18.9. The average molecular weight is 584 g/mol. The lowest BCUT2D eigenvalue weighted by molar-refractivity contribution is -0.112. The number of ether oxygens (including phenoxy) is 1. The molecule has 1 N–H and O–H groups in total. The number of likely N-dealkylation sites (tertiary alicyclic amines) is 1. The lowest BCUT2D eigenvalue weighted by Crippen LogP contribution is -2.33. The third-order valence-electron chi connectivity index (χ3n) is 5.89. The maximum absolute atomic E-state index is 13.0. The Labute approximate surface area is 242 Å². The van der Waals surface area contributed by atoms with Crippen LogP contribution in [0.4, 0.5) is 5.13 Å². The van der Waals surface area contributed by atoms with E-state index in [0.29, 0.717) is 28.0 Å². The molecule has 1 fully saturated rings. The number of carbonyl (C=O) groups excluding carboxylic acids is 1. The Morgan fingerprint density at radius 3 is 2.62 bits per heavy atom. The number of carbonyl (C=O) groups is 1. The molecule has 0 aliphatic carbocycles. The highest BCUT2D eigenvalue weighted by Crippen LogP contribution is 2.34. The van der Waals surface area contributed by atoms with Gasteiger partial charge in [0.1, 0.15) is 24.5 Å². The number of thioether (sulfide) groups is 2. The van der Waals surface area contributed by atoms with E-state index in [-0.39, 0.29) is 5.91 Å². The largest absolute Gasteiger partial charge is 0.492 e. The highest BCUT2D eigenvalue weighted by atomic mass is 32.2. The molecule has 1 saturated heterocycles. The summed E-state index contributed by atoms with van der Waals surface area (Å²) in [7, 11) is 1.90. The van der Waals surface area contributed by atoms with Crippen LogP contribution in [-0.4, -0.2) is 61.2 Å². The second kappa shape index (κ2) is 14.5. The van der Waals surface area contributed by atoms with E-state index < -0.39 is 0 Å². The third-order valence-corrected chi connectivity index (χ3v) is 8.73. The second-order valence-corrected chi connectivity index (χ2v) is 12.1. The van der Waals surface area contributed by atoms with E-state index in [1.807, 2.05) is 55.0 Å². The van der Waals surface area contributed by atoms with Gasteiger partial charge in [0, 0.05) is 40.5 Å². The number of anilines is 1. The van der Waals surface area contributed by atoms with Gasteiger partial charge in [-0.2, -0.15) is 4.37 Å². The Morgan fingerprint density at radius 1 is 1.18 bits per heavy atom. The smallest absolute Gasteiger partial charge is 0.258 e. The number of aromatic nitrogens is 5. The van der Waals surface area contributed by atoms with Crippen LogP contribution in [0.1, 0.15) is 32.0 Å². The molecular weight excluding hydrogens is 551 g/mol. The molecule has 1 aliphatic heterocycles. The molecular formula is C27H33N7O2S3.